The van der Waals surface area contributed by atoms with Gasteiger partial charge in [-0.2, -0.15) is 0 Å². The van der Waals surface area contributed by atoms with Gasteiger partial charge >= 0.3 is 5.97 Å². The van der Waals surface area contributed by atoms with Gasteiger partial charge in [-0.3, -0.25) is 4.79 Å². The molecule has 3 nitrogen and oxygen atoms in total. The minimum absolute atomic E-state index is 0.104. The molecule has 1 aliphatic rings. The van der Waals surface area contributed by atoms with E-state index in [4.69, 9.17) is 4.74 Å². The van der Waals surface area contributed by atoms with Crippen molar-refractivity contribution in [1.82, 2.24) is 4.98 Å². The molecular weight excluding hydrogens is 226 g/mol. The number of carbonyl (C=O) groups is 1. The molecule has 1 fully saturated rings. The molecule has 1 saturated heterocycles. The maximum atomic E-state index is 12.0. The molecule has 2 aromatic rings. The molecule has 1 unspecified atom stereocenters. The van der Waals surface area contributed by atoms with E-state index in [1.54, 1.807) is 0 Å². The van der Waals surface area contributed by atoms with Gasteiger partial charge in [0.05, 0.1) is 5.92 Å². The molecule has 0 saturated carbocycles. The molecule has 2 heterocycles. The molecule has 0 aliphatic carbocycles. The molecule has 3 heteroatoms. The quantitative estimate of drug-likeness (QED) is 0.781. The van der Waals surface area contributed by atoms with E-state index in [0.717, 1.165) is 28.6 Å². The smallest absolute Gasteiger partial charge is 0.314 e. The van der Waals surface area contributed by atoms with Crippen molar-refractivity contribution in [2.75, 3.05) is 0 Å². The Morgan fingerprint density at radius 3 is 2.72 bits per heavy atom. The number of hydrogen-bond donors (Lipinski definition) is 1. The van der Waals surface area contributed by atoms with Crippen LogP contribution >= 0.6 is 0 Å². The Balaban J connectivity index is 2.15. The SMILES string of the molecule is Cc1[nH]c2ccccc2c1C1CC(C)(C)OC1=O. The van der Waals surface area contributed by atoms with Gasteiger partial charge in [0.2, 0.25) is 0 Å². The maximum Gasteiger partial charge on any atom is 0.314 e. The van der Waals surface area contributed by atoms with E-state index in [-0.39, 0.29) is 17.5 Å². The van der Waals surface area contributed by atoms with Crippen molar-refractivity contribution in [3.63, 3.8) is 0 Å². The van der Waals surface area contributed by atoms with Crippen molar-refractivity contribution in [2.24, 2.45) is 0 Å². The number of fused-ring (bicyclic) bond motifs is 1. The molecule has 18 heavy (non-hydrogen) atoms. The highest BCUT2D eigenvalue weighted by Gasteiger charge is 2.42. The summed E-state index contributed by atoms with van der Waals surface area (Å²) in [5.74, 6) is -0.246. The maximum absolute atomic E-state index is 12.0. The highest BCUT2D eigenvalue weighted by Crippen LogP contribution is 2.41. The van der Waals surface area contributed by atoms with Crippen LogP contribution in [0.15, 0.2) is 24.3 Å². The molecule has 0 amide bonds. The molecule has 1 aliphatic heterocycles. The number of nitrogens with one attached hydrogen (secondary N) is 1. The van der Waals surface area contributed by atoms with Crippen LogP contribution in [0.1, 0.15) is 37.4 Å². The molecule has 1 aromatic heterocycles. The van der Waals surface area contributed by atoms with Crippen molar-refractivity contribution in [3.05, 3.63) is 35.5 Å². The molecule has 0 radical (unpaired) electrons. The lowest BCUT2D eigenvalue weighted by molar-refractivity contribution is -0.146. The third-order valence-electron chi connectivity index (χ3n) is 3.65. The van der Waals surface area contributed by atoms with Crippen molar-refractivity contribution < 1.29 is 9.53 Å². The highest BCUT2D eigenvalue weighted by molar-refractivity contribution is 5.92. The molecule has 3 rings (SSSR count). The summed E-state index contributed by atoms with van der Waals surface area (Å²) < 4.78 is 5.44. The van der Waals surface area contributed by atoms with Crippen LogP contribution in [0.3, 0.4) is 0 Å². The number of ether oxygens (including phenoxy) is 1. The van der Waals surface area contributed by atoms with Gasteiger partial charge in [-0.25, -0.2) is 0 Å². The van der Waals surface area contributed by atoms with Gasteiger partial charge in [-0.15, -0.1) is 0 Å². The van der Waals surface area contributed by atoms with E-state index < -0.39 is 0 Å². The van der Waals surface area contributed by atoms with Crippen LogP contribution in [0.25, 0.3) is 10.9 Å². The largest absolute Gasteiger partial charge is 0.459 e. The van der Waals surface area contributed by atoms with Gasteiger partial charge in [0.1, 0.15) is 5.60 Å². The fraction of sp³-hybridized carbons (Fsp3) is 0.400. The van der Waals surface area contributed by atoms with Gasteiger partial charge in [0, 0.05) is 23.0 Å². The third-order valence-corrected chi connectivity index (χ3v) is 3.65. The number of para-hydroxylation sites is 1. The summed E-state index contributed by atoms with van der Waals surface area (Å²) in [7, 11) is 0. The Hall–Kier alpha value is -1.77. The molecule has 94 valence electrons. The zero-order valence-electron chi connectivity index (χ0n) is 10.9. The number of benzene rings is 1. The summed E-state index contributed by atoms with van der Waals surface area (Å²) in [6, 6.07) is 8.10. The Morgan fingerprint density at radius 1 is 1.33 bits per heavy atom. The summed E-state index contributed by atoms with van der Waals surface area (Å²) >= 11 is 0. The van der Waals surface area contributed by atoms with Gasteiger partial charge in [-0.05, 0) is 32.4 Å². The average molecular weight is 243 g/mol. The first-order chi connectivity index (χ1) is 8.48. The molecular formula is C15H17NO2. The molecule has 1 atom stereocenters. The van der Waals surface area contributed by atoms with Crippen LogP contribution < -0.4 is 0 Å². The third kappa shape index (κ3) is 1.62. The summed E-state index contributed by atoms with van der Waals surface area (Å²) in [6.07, 6.45) is 0.745. The second kappa shape index (κ2) is 3.61. The normalized spacial score (nSPS) is 22.4. The van der Waals surface area contributed by atoms with Crippen LogP contribution in [0.2, 0.25) is 0 Å². The summed E-state index contributed by atoms with van der Waals surface area (Å²) in [5, 5.41) is 1.13. The van der Waals surface area contributed by atoms with Gasteiger partial charge in [0.15, 0.2) is 0 Å². The fourth-order valence-corrected chi connectivity index (χ4v) is 2.93. The predicted molar refractivity (Wildman–Crippen MR) is 70.6 cm³/mol. The van der Waals surface area contributed by atoms with Crippen LogP contribution in [0.5, 0.6) is 0 Å². The van der Waals surface area contributed by atoms with Crippen molar-refractivity contribution in [1.29, 1.82) is 0 Å². The van der Waals surface area contributed by atoms with Crippen LogP contribution in [-0.2, 0) is 9.53 Å². The number of esters is 1. The van der Waals surface area contributed by atoms with Crippen LogP contribution in [0, 0.1) is 6.92 Å². The first-order valence-corrected chi connectivity index (χ1v) is 6.28. The number of carbonyl (C=O) groups excluding carboxylic acids is 1. The van der Waals surface area contributed by atoms with Crippen LogP contribution in [-0.4, -0.2) is 16.6 Å². The zero-order chi connectivity index (χ0) is 12.9. The van der Waals surface area contributed by atoms with Crippen molar-refractivity contribution in [3.8, 4) is 0 Å². The molecule has 0 bridgehead atoms. The second-order valence-corrected chi connectivity index (χ2v) is 5.65. The van der Waals surface area contributed by atoms with Crippen molar-refractivity contribution >= 4 is 16.9 Å². The average Bonchev–Trinajstić information content (AvgIpc) is 2.74. The number of cyclic esters (lactones) is 1. The molecule has 1 aromatic carbocycles. The van der Waals surface area contributed by atoms with Gasteiger partial charge in [-0.1, -0.05) is 18.2 Å². The number of H-pyrrole nitrogens is 1. The van der Waals surface area contributed by atoms with Crippen molar-refractivity contribution in [2.45, 2.75) is 38.7 Å². The van der Waals surface area contributed by atoms with E-state index in [9.17, 15) is 4.79 Å². The molecule has 1 N–H and O–H groups in total. The molecule has 0 spiro atoms. The van der Waals surface area contributed by atoms with Crippen LogP contribution in [0.4, 0.5) is 0 Å². The lowest BCUT2D eigenvalue weighted by Gasteiger charge is -2.14. The summed E-state index contributed by atoms with van der Waals surface area (Å²) in [4.78, 5) is 15.4. The van der Waals surface area contributed by atoms with Gasteiger partial charge in [0.25, 0.3) is 0 Å². The minimum atomic E-state index is -0.355. The fourth-order valence-electron chi connectivity index (χ4n) is 2.93. The lowest BCUT2D eigenvalue weighted by atomic mass is 9.89. The first kappa shape index (κ1) is 11.3. The number of aromatic nitrogens is 1. The number of aromatic amines is 1. The van der Waals surface area contributed by atoms with E-state index in [1.807, 2.05) is 39.0 Å². The first-order valence-electron chi connectivity index (χ1n) is 6.28. The minimum Gasteiger partial charge on any atom is -0.459 e. The second-order valence-electron chi connectivity index (χ2n) is 5.65. The monoisotopic (exact) mass is 243 g/mol. The number of hydrogen-bond acceptors (Lipinski definition) is 2. The Morgan fingerprint density at radius 2 is 2.06 bits per heavy atom. The predicted octanol–water partition coefficient (Wildman–Crippen LogP) is 3.29. The standard InChI is InChI=1S/C15H17NO2/c1-9-13(10-6-4-5-7-12(10)16-9)11-8-15(2,3)18-14(11)17/h4-7,11,16H,8H2,1-3H3. The topological polar surface area (TPSA) is 42.1 Å². The number of rotatable bonds is 1. The van der Waals surface area contributed by atoms with E-state index >= 15 is 0 Å². The Kier molecular flexibility index (Phi) is 2.27. The Labute approximate surface area is 106 Å². The summed E-state index contributed by atoms with van der Waals surface area (Å²) in [5.41, 5.74) is 2.89. The Bertz CT molecular complexity index is 624. The number of aryl methyl sites for hydroxylation is 1. The summed E-state index contributed by atoms with van der Waals surface area (Å²) in [6.45, 7) is 5.96. The zero-order valence-corrected chi connectivity index (χ0v) is 10.9. The highest BCUT2D eigenvalue weighted by atomic mass is 16.6. The lowest BCUT2D eigenvalue weighted by Crippen LogP contribution is -2.17. The van der Waals surface area contributed by atoms with E-state index in [1.165, 1.54) is 0 Å². The van der Waals surface area contributed by atoms with Gasteiger partial charge < -0.3 is 9.72 Å². The van der Waals surface area contributed by atoms with E-state index in [0.29, 0.717) is 0 Å². The van der Waals surface area contributed by atoms with E-state index in [2.05, 4.69) is 11.1 Å².